The molecule has 2 aromatic rings. The largest absolute Gasteiger partial charge is 0.396 e. The number of aliphatic hydroxyl groups excluding tert-OH is 1. The molecule has 1 fully saturated rings. The van der Waals surface area contributed by atoms with Crippen LogP contribution in [0.1, 0.15) is 25.7 Å². The minimum atomic E-state index is 0.124. The third kappa shape index (κ3) is 3.11. The van der Waals surface area contributed by atoms with Crippen molar-refractivity contribution in [3.8, 4) is 5.95 Å². The Morgan fingerprint density at radius 3 is 2.81 bits per heavy atom. The van der Waals surface area contributed by atoms with Crippen LogP contribution in [0.25, 0.3) is 5.95 Å². The van der Waals surface area contributed by atoms with Crippen molar-refractivity contribution in [2.24, 2.45) is 0 Å². The molecule has 0 amide bonds. The fourth-order valence-corrected chi connectivity index (χ4v) is 2.41. The van der Waals surface area contributed by atoms with Crippen LogP contribution in [0.2, 0.25) is 5.28 Å². The maximum Gasteiger partial charge on any atom is 0.258 e. The molecule has 0 saturated heterocycles. The van der Waals surface area contributed by atoms with E-state index in [1.807, 2.05) is 0 Å². The van der Waals surface area contributed by atoms with Gasteiger partial charge in [0.05, 0.1) is 0 Å². The van der Waals surface area contributed by atoms with Gasteiger partial charge in [-0.25, -0.2) is 4.98 Å². The summed E-state index contributed by atoms with van der Waals surface area (Å²) in [5.41, 5.74) is 0. The van der Waals surface area contributed by atoms with Gasteiger partial charge in [-0.1, -0.05) is 0 Å². The normalized spacial score (nSPS) is 15.0. The third-order valence-electron chi connectivity index (χ3n) is 3.54. The van der Waals surface area contributed by atoms with Crippen LogP contribution >= 0.6 is 11.6 Å². The summed E-state index contributed by atoms with van der Waals surface area (Å²) >= 11 is 6.01. The van der Waals surface area contributed by atoms with Crippen LogP contribution in [-0.4, -0.2) is 54.0 Å². The van der Waals surface area contributed by atoms with Gasteiger partial charge in [-0.05, 0) is 37.3 Å². The average Bonchev–Trinajstić information content (AvgIpc) is 2.94. The molecular formula is C12H16ClN7O. The second-order valence-corrected chi connectivity index (χ2v) is 5.24. The van der Waals surface area contributed by atoms with E-state index in [2.05, 4.69) is 29.9 Å². The Hall–Kier alpha value is -1.80. The molecule has 21 heavy (non-hydrogen) atoms. The quantitative estimate of drug-likeness (QED) is 0.845. The predicted octanol–water partition coefficient (Wildman–Crippen LogP) is 0.847. The van der Waals surface area contributed by atoms with E-state index in [1.165, 1.54) is 23.8 Å². The first-order chi connectivity index (χ1) is 10.3. The molecule has 1 saturated carbocycles. The first kappa shape index (κ1) is 14.2. The number of halogens is 1. The van der Waals surface area contributed by atoms with Gasteiger partial charge < -0.3 is 10.0 Å². The van der Waals surface area contributed by atoms with Crippen molar-refractivity contribution >= 4 is 17.5 Å². The van der Waals surface area contributed by atoms with Crippen LogP contribution in [0.5, 0.6) is 0 Å². The molecule has 9 heteroatoms. The highest BCUT2D eigenvalue weighted by molar-refractivity contribution is 6.28. The Morgan fingerprint density at radius 1 is 1.33 bits per heavy atom. The predicted molar refractivity (Wildman–Crippen MR) is 76.4 cm³/mol. The molecule has 0 radical (unpaired) electrons. The Morgan fingerprint density at radius 2 is 2.19 bits per heavy atom. The Bertz CT molecular complexity index is 587. The van der Waals surface area contributed by atoms with Crippen LogP contribution in [0.15, 0.2) is 12.7 Å². The van der Waals surface area contributed by atoms with Crippen molar-refractivity contribution in [1.82, 2.24) is 29.7 Å². The summed E-state index contributed by atoms with van der Waals surface area (Å²) in [6.45, 7) is 0.830. The van der Waals surface area contributed by atoms with E-state index in [1.54, 1.807) is 0 Å². The number of aromatic nitrogens is 6. The fourth-order valence-electron chi connectivity index (χ4n) is 2.26. The van der Waals surface area contributed by atoms with Crippen LogP contribution in [-0.2, 0) is 0 Å². The average molecular weight is 310 g/mol. The molecule has 2 aromatic heterocycles. The third-order valence-corrected chi connectivity index (χ3v) is 3.71. The molecule has 1 aliphatic carbocycles. The molecule has 112 valence electrons. The number of hydrogen-bond donors (Lipinski definition) is 1. The van der Waals surface area contributed by atoms with Gasteiger partial charge in [-0.15, -0.1) is 0 Å². The maximum absolute atomic E-state index is 9.07. The van der Waals surface area contributed by atoms with Gasteiger partial charge in [0.1, 0.15) is 12.7 Å². The SMILES string of the molecule is OCCCN(c1nc(Cl)nc(-n2cncn2)n1)C1CCC1. The summed E-state index contributed by atoms with van der Waals surface area (Å²) < 4.78 is 1.45. The highest BCUT2D eigenvalue weighted by atomic mass is 35.5. The summed E-state index contributed by atoms with van der Waals surface area (Å²) in [6, 6.07) is 0.401. The van der Waals surface area contributed by atoms with E-state index in [4.69, 9.17) is 16.7 Å². The van der Waals surface area contributed by atoms with Crippen LogP contribution in [0.4, 0.5) is 5.95 Å². The topological polar surface area (TPSA) is 92.8 Å². The van der Waals surface area contributed by atoms with Crippen LogP contribution in [0, 0.1) is 0 Å². The summed E-state index contributed by atoms with van der Waals surface area (Å²) in [6.07, 6.45) is 7.00. The van der Waals surface area contributed by atoms with Crippen molar-refractivity contribution in [2.75, 3.05) is 18.1 Å². The standard InChI is InChI=1S/C12H16ClN7O/c13-10-16-11(18-12(17-10)20-8-14-7-15-20)19(5-2-6-21)9-3-1-4-9/h7-9,21H,1-6H2. The highest BCUT2D eigenvalue weighted by Crippen LogP contribution is 2.28. The molecule has 0 aliphatic heterocycles. The van der Waals surface area contributed by atoms with E-state index in [-0.39, 0.29) is 11.9 Å². The van der Waals surface area contributed by atoms with Crippen molar-refractivity contribution in [2.45, 2.75) is 31.7 Å². The van der Waals surface area contributed by atoms with E-state index >= 15 is 0 Å². The number of nitrogens with zero attached hydrogens (tertiary/aromatic N) is 7. The zero-order chi connectivity index (χ0) is 14.7. The molecule has 0 unspecified atom stereocenters. The molecule has 1 N–H and O–H groups in total. The monoisotopic (exact) mass is 309 g/mol. The van der Waals surface area contributed by atoms with E-state index in [0.29, 0.717) is 30.9 Å². The van der Waals surface area contributed by atoms with Gasteiger partial charge in [-0.2, -0.15) is 24.7 Å². The molecule has 0 atom stereocenters. The zero-order valence-corrected chi connectivity index (χ0v) is 12.2. The minimum absolute atomic E-state index is 0.124. The van der Waals surface area contributed by atoms with Crippen LogP contribution < -0.4 is 4.90 Å². The van der Waals surface area contributed by atoms with Crippen LogP contribution in [0.3, 0.4) is 0 Å². The molecule has 1 aliphatic rings. The second-order valence-electron chi connectivity index (χ2n) is 4.90. The number of aliphatic hydroxyl groups is 1. The van der Waals surface area contributed by atoms with Crippen molar-refractivity contribution < 1.29 is 5.11 Å². The van der Waals surface area contributed by atoms with Crippen molar-refractivity contribution in [1.29, 1.82) is 0 Å². The van der Waals surface area contributed by atoms with Gasteiger partial charge in [0.15, 0.2) is 0 Å². The summed E-state index contributed by atoms with van der Waals surface area (Å²) in [7, 11) is 0. The lowest BCUT2D eigenvalue weighted by atomic mass is 9.91. The summed E-state index contributed by atoms with van der Waals surface area (Å²) in [5, 5.41) is 13.2. The van der Waals surface area contributed by atoms with Gasteiger partial charge >= 0.3 is 0 Å². The zero-order valence-electron chi connectivity index (χ0n) is 11.4. The lowest BCUT2D eigenvalue weighted by molar-refractivity contribution is 0.282. The Balaban J connectivity index is 1.91. The first-order valence-corrected chi connectivity index (χ1v) is 7.30. The van der Waals surface area contributed by atoms with Gasteiger partial charge in [0, 0.05) is 19.2 Å². The summed E-state index contributed by atoms with van der Waals surface area (Å²) in [4.78, 5) is 18.7. The van der Waals surface area contributed by atoms with Crippen molar-refractivity contribution in [3.05, 3.63) is 17.9 Å². The van der Waals surface area contributed by atoms with Gasteiger partial charge in [0.2, 0.25) is 11.2 Å². The fraction of sp³-hybridized carbons (Fsp3) is 0.583. The number of rotatable bonds is 6. The minimum Gasteiger partial charge on any atom is -0.396 e. The molecule has 2 heterocycles. The van der Waals surface area contributed by atoms with E-state index in [0.717, 1.165) is 12.8 Å². The summed E-state index contributed by atoms with van der Waals surface area (Å²) in [5.74, 6) is 0.870. The number of hydrogen-bond acceptors (Lipinski definition) is 7. The molecule has 0 spiro atoms. The van der Waals surface area contributed by atoms with Crippen molar-refractivity contribution in [3.63, 3.8) is 0 Å². The molecular weight excluding hydrogens is 294 g/mol. The Kier molecular flexibility index (Phi) is 4.26. The van der Waals surface area contributed by atoms with E-state index in [9.17, 15) is 0 Å². The van der Waals surface area contributed by atoms with Gasteiger partial charge in [-0.3, -0.25) is 0 Å². The van der Waals surface area contributed by atoms with Gasteiger partial charge in [0.25, 0.3) is 5.95 Å². The molecule has 0 bridgehead atoms. The molecule has 3 rings (SSSR count). The first-order valence-electron chi connectivity index (χ1n) is 6.92. The highest BCUT2D eigenvalue weighted by Gasteiger charge is 2.27. The second kappa shape index (κ2) is 6.31. The lowest BCUT2D eigenvalue weighted by Crippen LogP contribution is -2.42. The Labute approximate surface area is 126 Å². The number of anilines is 1. The lowest BCUT2D eigenvalue weighted by Gasteiger charge is -2.37. The van der Waals surface area contributed by atoms with E-state index < -0.39 is 0 Å². The molecule has 0 aromatic carbocycles. The molecule has 8 nitrogen and oxygen atoms in total. The maximum atomic E-state index is 9.07. The smallest absolute Gasteiger partial charge is 0.258 e.